The summed E-state index contributed by atoms with van der Waals surface area (Å²) in [6, 6.07) is 0. The van der Waals surface area contributed by atoms with Crippen LogP contribution in [-0.2, 0) is 19.1 Å². The van der Waals surface area contributed by atoms with Crippen LogP contribution in [0.1, 0.15) is 113 Å². The third kappa shape index (κ3) is 4.97. The molecule has 0 unspecified atom stereocenters. The Kier molecular flexibility index (Phi) is 7.80. The molecule has 0 aromatic heterocycles. The molecule has 0 aliphatic heterocycles. The smallest absolute Gasteiger partial charge is 0.303 e. The summed E-state index contributed by atoms with van der Waals surface area (Å²) in [5, 5.41) is 0. The summed E-state index contributed by atoms with van der Waals surface area (Å²) in [6.07, 6.45) is 13.9. The van der Waals surface area contributed by atoms with E-state index in [0.717, 1.165) is 48.9 Å². The molecule has 198 valence electrons. The minimum Gasteiger partial charge on any atom is -0.458 e. The molecule has 4 rings (SSSR count). The van der Waals surface area contributed by atoms with Gasteiger partial charge in [-0.3, -0.25) is 9.59 Å². The van der Waals surface area contributed by atoms with Crippen LogP contribution >= 0.6 is 0 Å². The second-order valence-electron chi connectivity index (χ2n) is 13.4. The Morgan fingerprint density at radius 1 is 0.943 bits per heavy atom. The Morgan fingerprint density at radius 3 is 2.31 bits per heavy atom. The van der Waals surface area contributed by atoms with Gasteiger partial charge in [0.2, 0.25) is 0 Å². The van der Waals surface area contributed by atoms with Gasteiger partial charge in [0.15, 0.2) is 6.10 Å². The average Bonchev–Trinajstić information content (AvgIpc) is 3.12. The number of carbonyl (C=O) groups excluding carboxylic acids is 2. The molecular weight excluding hydrogens is 436 g/mol. The fourth-order valence-electron chi connectivity index (χ4n) is 9.36. The van der Waals surface area contributed by atoms with Crippen molar-refractivity contribution in [3.8, 4) is 0 Å². The van der Waals surface area contributed by atoms with E-state index in [1.165, 1.54) is 64.4 Å². The number of hydrogen-bond donors (Lipinski definition) is 0. The van der Waals surface area contributed by atoms with Crippen LogP contribution < -0.4 is 0 Å². The SMILES string of the molecule is CC(=O)O[C@@H]1CC[C@]2(C)C(=CC[C@H]3[C@@H]4CC[C@@H]([C@H](C)CCCC(C)C)[C@]4(C)CC[C@@H]32)[C@@H]1OC(C)=O. The van der Waals surface area contributed by atoms with Crippen LogP contribution in [0.4, 0.5) is 0 Å². The molecular formula is C31H50O4. The maximum Gasteiger partial charge on any atom is 0.303 e. The minimum atomic E-state index is -0.429. The molecule has 0 amide bonds. The van der Waals surface area contributed by atoms with Gasteiger partial charge in [-0.1, -0.05) is 60.0 Å². The number of hydrogen-bond acceptors (Lipinski definition) is 4. The van der Waals surface area contributed by atoms with Crippen LogP contribution in [0.25, 0.3) is 0 Å². The summed E-state index contributed by atoms with van der Waals surface area (Å²) in [7, 11) is 0. The molecule has 4 heteroatoms. The van der Waals surface area contributed by atoms with E-state index in [2.05, 4.69) is 40.7 Å². The number of allylic oxidation sites excluding steroid dienone is 1. The second kappa shape index (κ2) is 10.2. The van der Waals surface area contributed by atoms with E-state index in [1.807, 2.05) is 0 Å². The van der Waals surface area contributed by atoms with E-state index < -0.39 is 6.10 Å². The predicted molar refractivity (Wildman–Crippen MR) is 140 cm³/mol. The van der Waals surface area contributed by atoms with Crippen molar-refractivity contribution in [3.63, 3.8) is 0 Å². The van der Waals surface area contributed by atoms with Crippen molar-refractivity contribution in [3.05, 3.63) is 11.6 Å². The lowest BCUT2D eigenvalue weighted by molar-refractivity contribution is -0.170. The first-order valence-electron chi connectivity index (χ1n) is 14.5. The summed E-state index contributed by atoms with van der Waals surface area (Å²) in [6.45, 7) is 15.2. The van der Waals surface area contributed by atoms with Crippen LogP contribution in [0, 0.1) is 46.3 Å². The zero-order chi connectivity index (χ0) is 25.5. The number of carbonyl (C=O) groups is 2. The summed E-state index contributed by atoms with van der Waals surface area (Å²) in [5.74, 6) is 4.04. The molecule has 0 N–H and O–H groups in total. The fourth-order valence-corrected chi connectivity index (χ4v) is 9.36. The monoisotopic (exact) mass is 486 g/mol. The molecule has 0 aromatic carbocycles. The van der Waals surface area contributed by atoms with Gasteiger partial charge in [-0.05, 0) is 96.9 Å². The third-order valence-corrected chi connectivity index (χ3v) is 10.9. The predicted octanol–water partition coefficient (Wildman–Crippen LogP) is 7.50. The molecule has 0 aromatic rings. The second-order valence-corrected chi connectivity index (χ2v) is 13.4. The summed E-state index contributed by atoms with van der Waals surface area (Å²) >= 11 is 0. The van der Waals surface area contributed by atoms with Gasteiger partial charge < -0.3 is 9.47 Å². The van der Waals surface area contributed by atoms with Crippen LogP contribution in [-0.4, -0.2) is 24.1 Å². The highest BCUT2D eigenvalue weighted by Gasteiger charge is 2.60. The van der Waals surface area contributed by atoms with Gasteiger partial charge in [-0.2, -0.15) is 0 Å². The van der Waals surface area contributed by atoms with E-state index in [0.29, 0.717) is 11.3 Å². The third-order valence-electron chi connectivity index (χ3n) is 10.9. The first-order valence-corrected chi connectivity index (χ1v) is 14.5. The summed E-state index contributed by atoms with van der Waals surface area (Å²) in [5.41, 5.74) is 1.72. The molecule has 0 bridgehead atoms. The molecule has 0 spiro atoms. The molecule has 0 heterocycles. The lowest BCUT2D eigenvalue weighted by Gasteiger charge is -2.59. The molecule has 3 fully saturated rings. The van der Waals surface area contributed by atoms with Crippen molar-refractivity contribution < 1.29 is 19.1 Å². The molecule has 4 nitrogen and oxygen atoms in total. The normalized spacial score (nSPS) is 41.3. The van der Waals surface area contributed by atoms with Gasteiger partial charge in [-0.15, -0.1) is 0 Å². The Balaban J connectivity index is 1.55. The lowest BCUT2D eigenvalue weighted by atomic mass is 9.46. The van der Waals surface area contributed by atoms with Crippen LogP contribution in [0.15, 0.2) is 11.6 Å². The van der Waals surface area contributed by atoms with Crippen molar-refractivity contribution in [2.75, 3.05) is 0 Å². The molecule has 4 aliphatic rings. The molecule has 9 atom stereocenters. The van der Waals surface area contributed by atoms with Crippen LogP contribution in [0.2, 0.25) is 0 Å². The van der Waals surface area contributed by atoms with Gasteiger partial charge in [0, 0.05) is 13.8 Å². The quantitative estimate of drug-likeness (QED) is 0.276. The molecule has 3 saturated carbocycles. The maximum atomic E-state index is 12.0. The van der Waals surface area contributed by atoms with Crippen molar-refractivity contribution >= 4 is 11.9 Å². The lowest BCUT2D eigenvalue weighted by Crippen LogP contribution is -2.55. The van der Waals surface area contributed by atoms with Crippen molar-refractivity contribution in [1.29, 1.82) is 0 Å². The molecule has 4 aliphatic carbocycles. The first-order chi connectivity index (χ1) is 16.5. The Hall–Kier alpha value is -1.32. The Labute approximate surface area is 214 Å². The van der Waals surface area contributed by atoms with E-state index in [1.54, 1.807) is 0 Å². The molecule has 0 radical (unpaired) electrons. The highest BCUT2D eigenvalue weighted by Crippen LogP contribution is 2.67. The van der Waals surface area contributed by atoms with Crippen molar-refractivity contribution in [2.24, 2.45) is 46.3 Å². The number of rotatable bonds is 7. The Bertz CT molecular complexity index is 830. The van der Waals surface area contributed by atoms with Crippen molar-refractivity contribution in [1.82, 2.24) is 0 Å². The van der Waals surface area contributed by atoms with E-state index >= 15 is 0 Å². The largest absolute Gasteiger partial charge is 0.458 e. The van der Waals surface area contributed by atoms with Crippen LogP contribution in [0.3, 0.4) is 0 Å². The highest BCUT2D eigenvalue weighted by molar-refractivity contribution is 5.68. The van der Waals surface area contributed by atoms with Gasteiger partial charge in [0.05, 0.1) is 0 Å². The van der Waals surface area contributed by atoms with E-state index in [9.17, 15) is 9.59 Å². The molecule has 0 saturated heterocycles. The van der Waals surface area contributed by atoms with Crippen LogP contribution in [0.5, 0.6) is 0 Å². The number of fused-ring (bicyclic) bond motifs is 5. The van der Waals surface area contributed by atoms with E-state index in [-0.39, 0.29) is 23.5 Å². The fraction of sp³-hybridized carbons (Fsp3) is 0.871. The Morgan fingerprint density at radius 2 is 1.66 bits per heavy atom. The van der Waals surface area contributed by atoms with Gasteiger partial charge in [0.25, 0.3) is 0 Å². The standard InChI is InChI=1S/C31H50O4/c1-19(2)9-8-10-20(3)24-13-14-25-23-11-12-27-29(35-22(5)33)28(34-21(4)32)16-18-31(27,7)26(23)15-17-30(24,25)6/h12,19-20,23-26,28-29H,8-11,13-18H2,1-7H3/t20-,23+,24+,25+,26+,28-,29+,30+,31+/m1/s1. The average molecular weight is 487 g/mol. The number of esters is 2. The first kappa shape index (κ1) is 26.7. The van der Waals surface area contributed by atoms with E-state index in [4.69, 9.17) is 9.47 Å². The summed E-state index contributed by atoms with van der Waals surface area (Å²) < 4.78 is 11.5. The van der Waals surface area contributed by atoms with Gasteiger partial charge in [-0.25, -0.2) is 0 Å². The maximum absolute atomic E-state index is 12.0. The van der Waals surface area contributed by atoms with Crippen molar-refractivity contribution in [2.45, 2.75) is 125 Å². The zero-order valence-corrected chi connectivity index (χ0v) is 23.4. The summed E-state index contributed by atoms with van der Waals surface area (Å²) in [4.78, 5) is 23.8. The van der Waals surface area contributed by atoms with Gasteiger partial charge >= 0.3 is 11.9 Å². The zero-order valence-electron chi connectivity index (χ0n) is 23.4. The minimum absolute atomic E-state index is 0.0297. The highest BCUT2D eigenvalue weighted by atomic mass is 16.6. The topological polar surface area (TPSA) is 52.6 Å². The number of ether oxygens (including phenoxy) is 2. The molecule has 35 heavy (non-hydrogen) atoms. The van der Waals surface area contributed by atoms with Gasteiger partial charge in [0.1, 0.15) is 6.10 Å².